The zero-order chi connectivity index (χ0) is 13.3. The summed E-state index contributed by atoms with van der Waals surface area (Å²) in [5.74, 6) is 0.447. The molecule has 2 aliphatic heterocycles. The van der Waals surface area contributed by atoms with Crippen LogP contribution in [0.4, 0.5) is 0 Å². The lowest BCUT2D eigenvalue weighted by Gasteiger charge is -2.38. The molecule has 4 nitrogen and oxygen atoms in total. The maximum absolute atomic E-state index is 9.73. The molecule has 0 aromatic carbocycles. The lowest BCUT2D eigenvalue weighted by atomic mass is 9.71. The van der Waals surface area contributed by atoms with E-state index in [9.17, 15) is 5.11 Å². The molecule has 0 aliphatic carbocycles. The number of likely N-dealkylation sites (tertiary alicyclic amines) is 1. The number of nitrogens with zero attached hydrogens (tertiary/aromatic N) is 2. The molecule has 3 rings (SSSR count). The number of aliphatic hydroxyl groups is 1. The highest BCUT2D eigenvalue weighted by atomic mass is 32.1. The van der Waals surface area contributed by atoms with Crippen LogP contribution in [-0.2, 0) is 6.54 Å². The van der Waals surface area contributed by atoms with Crippen molar-refractivity contribution in [1.29, 1.82) is 0 Å². The summed E-state index contributed by atoms with van der Waals surface area (Å²) in [5, 5.41) is 13.2. The second-order valence-electron chi connectivity index (χ2n) is 6.02. The van der Waals surface area contributed by atoms with Gasteiger partial charge in [0, 0.05) is 37.0 Å². The number of thiazole rings is 1. The van der Waals surface area contributed by atoms with Gasteiger partial charge >= 0.3 is 0 Å². The molecule has 3 heterocycles. The van der Waals surface area contributed by atoms with Crippen LogP contribution in [-0.4, -0.2) is 47.8 Å². The van der Waals surface area contributed by atoms with Gasteiger partial charge in [-0.1, -0.05) is 0 Å². The highest BCUT2D eigenvalue weighted by Crippen LogP contribution is 2.43. The average molecular weight is 281 g/mol. The Labute approximate surface area is 118 Å². The first-order chi connectivity index (χ1) is 9.23. The van der Waals surface area contributed by atoms with Crippen LogP contribution >= 0.6 is 11.3 Å². The van der Waals surface area contributed by atoms with Crippen LogP contribution in [0.5, 0.6) is 0 Å². The average Bonchev–Trinajstić information content (AvgIpc) is 2.96. The Bertz CT molecular complexity index is 428. The zero-order valence-corrected chi connectivity index (χ0v) is 12.4. The maximum atomic E-state index is 9.73. The summed E-state index contributed by atoms with van der Waals surface area (Å²) in [5.41, 5.74) is 3.44. The molecule has 1 unspecified atom stereocenters. The first-order valence-electron chi connectivity index (χ1n) is 7.16. The molecule has 2 saturated heterocycles. The van der Waals surface area contributed by atoms with Crippen molar-refractivity contribution < 1.29 is 5.11 Å². The Morgan fingerprint density at radius 1 is 1.53 bits per heavy atom. The van der Waals surface area contributed by atoms with Crippen molar-refractivity contribution in [3.05, 3.63) is 16.1 Å². The molecule has 1 aromatic heterocycles. The lowest BCUT2D eigenvalue weighted by Crippen LogP contribution is -2.42. The Hall–Kier alpha value is -0.490. The molecule has 2 fully saturated rings. The first-order valence-corrected chi connectivity index (χ1v) is 8.04. The fraction of sp³-hybridized carbons (Fsp3) is 0.786. The largest absolute Gasteiger partial charge is 0.396 e. The molecular formula is C14H23N3OS. The van der Waals surface area contributed by atoms with Crippen molar-refractivity contribution in [2.45, 2.75) is 26.3 Å². The van der Waals surface area contributed by atoms with Crippen LogP contribution in [0.2, 0.25) is 0 Å². The van der Waals surface area contributed by atoms with Crippen molar-refractivity contribution in [1.82, 2.24) is 15.2 Å². The van der Waals surface area contributed by atoms with Crippen LogP contribution in [0.15, 0.2) is 5.51 Å². The lowest BCUT2D eigenvalue weighted by molar-refractivity contribution is 0.0984. The summed E-state index contributed by atoms with van der Waals surface area (Å²) >= 11 is 1.75. The van der Waals surface area contributed by atoms with Gasteiger partial charge in [0.05, 0.1) is 11.2 Å². The Morgan fingerprint density at radius 2 is 2.32 bits per heavy atom. The summed E-state index contributed by atoms with van der Waals surface area (Å²) in [6, 6.07) is 0. The molecule has 0 saturated carbocycles. The van der Waals surface area contributed by atoms with Crippen molar-refractivity contribution in [3.8, 4) is 0 Å². The number of rotatable bonds is 3. The Morgan fingerprint density at radius 3 is 2.95 bits per heavy atom. The predicted octanol–water partition coefficient (Wildman–Crippen LogP) is 1.25. The number of aliphatic hydroxyl groups excluding tert-OH is 1. The van der Waals surface area contributed by atoms with Crippen LogP contribution < -0.4 is 5.32 Å². The van der Waals surface area contributed by atoms with Crippen molar-refractivity contribution in [3.63, 3.8) is 0 Å². The summed E-state index contributed by atoms with van der Waals surface area (Å²) in [6.07, 6.45) is 2.41. The van der Waals surface area contributed by atoms with E-state index < -0.39 is 0 Å². The zero-order valence-electron chi connectivity index (χ0n) is 11.6. The molecule has 0 radical (unpaired) electrons. The highest BCUT2D eigenvalue weighted by molar-refractivity contribution is 7.09. The molecule has 0 amide bonds. The molecule has 2 N–H and O–H groups in total. The van der Waals surface area contributed by atoms with E-state index in [2.05, 4.69) is 22.1 Å². The third-order valence-corrected chi connectivity index (χ3v) is 5.83. The van der Waals surface area contributed by atoms with E-state index in [0.29, 0.717) is 17.9 Å². The van der Waals surface area contributed by atoms with Gasteiger partial charge in [-0.05, 0) is 38.3 Å². The van der Waals surface area contributed by atoms with Gasteiger partial charge in [0.1, 0.15) is 0 Å². The van der Waals surface area contributed by atoms with Crippen LogP contribution in [0.25, 0.3) is 0 Å². The van der Waals surface area contributed by atoms with Gasteiger partial charge in [-0.3, -0.25) is 4.90 Å². The quantitative estimate of drug-likeness (QED) is 0.875. The summed E-state index contributed by atoms with van der Waals surface area (Å²) in [7, 11) is 0. The van der Waals surface area contributed by atoms with Crippen molar-refractivity contribution >= 4 is 11.3 Å². The van der Waals surface area contributed by atoms with Crippen molar-refractivity contribution in [2.75, 3.05) is 32.8 Å². The molecule has 2 aliphatic rings. The van der Waals surface area contributed by atoms with Gasteiger partial charge in [-0.15, -0.1) is 11.3 Å². The topological polar surface area (TPSA) is 48.4 Å². The number of hydrogen-bond acceptors (Lipinski definition) is 5. The smallest absolute Gasteiger partial charge is 0.0798 e. The minimum atomic E-state index is 0.332. The first kappa shape index (κ1) is 13.5. The minimum Gasteiger partial charge on any atom is -0.396 e. The molecule has 1 atom stereocenters. The minimum absolute atomic E-state index is 0.332. The van der Waals surface area contributed by atoms with Crippen LogP contribution in [0.3, 0.4) is 0 Å². The molecule has 0 bridgehead atoms. The van der Waals surface area contributed by atoms with E-state index in [1.807, 2.05) is 5.51 Å². The van der Waals surface area contributed by atoms with E-state index in [4.69, 9.17) is 0 Å². The standard InChI is InChI=1S/C14H23N3OS/c1-11-13(19-10-16-11)7-17-6-12(8-18)14(9-17)2-4-15-5-3-14/h10,12,15,18H,2-9H2,1H3. The number of hydrogen-bond donors (Lipinski definition) is 2. The van der Waals surface area contributed by atoms with Crippen LogP contribution in [0.1, 0.15) is 23.4 Å². The molecule has 106 valence electrons. The predicted molar refractivity (Wildman–Crippen MR) is 77.2 cm³/mol. The second-order valence-corrected chi connectivity index (χ2v) is 6.96. The third kappa shape index (κ3) is 2.57. The number of nitrogens with one attached hydrogen (secondary N) is 1. The van der Waals surface area contributed by atoms with Gasteiger partial charge in [0.15, 0.2) is 0 Å². The van der Waals surface area contributed by atoms with Crippen molar-refractivity contribution in [2.24, 2.45) is 11.3 Å². The number of aromatic nitrogens is 1. The van der Waals surface area contributed by atoms with Gasteiger partial charge < -0.3 is 10.4 Å². The highest BCUT2D eigenvalue weighted by Gasteiger charge is 2.46. The van der Waals surface area contributed by atoms with E-state index in [-0.39, 0.29) is 0 Å². The Balaban J connectivity index is 1.71. The van der Waals surface area contributed by atoms with E-state index in [1.165, 1.54) is 17.7 Å². The summed E-state index contributed by atoms with van der Waals surface area (Å²) < 4.78 is 0. The van der Waals surface area contributed by atoms with Gasteiger partial charge in [-0.25, -0.2) is 4.98 Å². The normalized spacial score (nSPS) is 27.2. The van der Waals surface area contributed by atoms with Gasteiger partial charge in [-0.2, -0.15) is 0 Å². The summed E-state index contributed by atoms with van der Waals surface area (Å²) in [4.78, 5) is 8.23. The second kappa shape index (κ2) is 5.48. The van der Waals surface area contributed by atoms with Gasteiger partial charge in [0.2, 0.25) is 0 Å². The molecule has 5 heteroatoms. The third-order valence-electron chi connectivity index (χ3n) is 4.91. The number of aryl methyl sites for hydroxylation is 1. The van der Waals surface area contributed by atoms with E-state index in [1.54, 1.807) is 11.3 Å². The molecule has 19 heavy (non-hydrogen) atoms. The Kier molecular flexibility index (Phi) is 3.89. The van der Waals surface area contributed by atoms with E-state index in [0.717, 1.165) is 38.4 Å². The fourth-order valence-electron chi connectivity index (χ4n) is 3.69. The molecular weight excluding hydrogens is 258 g/mol. The number of piperidine rings is 1. The van der Waals surface area contributed by atoms with E-state index >= 15 is 0 Å². The fourth-order valence-corrected chi connectivity index (χ4v) is 4.51. The monoisotopic (exact) mass is 281 g/mol. The van der Waals surface area contributed by atoms with Crippen LogP contribution in [0, 0.1) is 18.3 Å². The summed E-state index contributed by atoms with van der Waals surface area (Å²) in [6.45, 7) is 7.80. The molecule has 1 aromatic rings. The maximum Gasteiger partial charge on any atom is 0.0798 e. The van der Waals surface area contributed by atoms with Gasteiger partial charge in [0.25, 0.3) is 0 Å². The SMILES string of the molecule is Cc1ncsc1CN1CC(CO)C2(CCNCC2)C1. The molecule has 1 spiro atoms.